The highest BCUT2D eigenvalue weighted by atomic mass is 16.3. The lowest BCUT2D eigenvalue weighted by molar-refractivity contribution is 0.189. The number of aliphatic imine (C=N–C) groups is 1. The average molecular weight is 406 g/mol. The van der Waals surface area contributed by atoms with Gasteiger partial charge in [-0.05, 0) is 36.5 Å². The number of guanidine groups is 1. The zero-order valence-electron chi connectivity index (χ0n) is 17.7. The van der Waals surface area contributed by atoms with Crippen molar-refractivity contribution in [3.8, 4) is 0 Å². The molecule has 4 rings (SSSR count). The molecule has 0 spiro atoms. The Kier molecular flexibility index (Phi) is 6.85. The van der Waals surface area contributed by atoms with E-state index in [4.69, 9.17) is 9.41 Å². The summed E-state index contributed by atoms with van der Waals surface area (Å²) >= 11 is 0. The Bertz CT molecular complexity index is 889. The fourth-order valence-electron chi connectivity index (χ4n) is 4.05. The van der Waals surface area contributed by atoms with Crippen LogP contribution in [-0.4, -0.2) is 46.6 Å². The summed E-state index contributed by atoms with van der Waals surface area (Å²) in [4.78, 5) is 11.6. The van der Waals surface area contributed by atoms with Crippen LogP contribution in [0.5, 0.6) is 0 Å². The lowest BCUT2D eigenvalue weighted by Gasteiger charge is -2.39. The Labute approximate surface area is 178 Å². The molecule has 1 aromatic carbocycles. The van der Waals surface area contributed by atoms with E-state index >= 15 is 0 Å². The van der Waals surface area contributed by atoms with Gasteiger partial charge in [-0.25, -0.2) is 4.98 Å². The summed E-state index contributed by atoms with van der Waals surface area (Å²) in [6.07, 6.45) is 10.5. The number of imidazole rings is 1. The smallest absolute Gasteiger partial charge is 0.194 e. The number of rotatable bonds is 7. The molecule has 1 saturated heterocycles. The van der Waals surface area contributed by atoms with Crippen molar-refractivity contribution in [1.29, 1.82) is 0 Å². The van der Waals surface area contributed by atoms with Crippen molar-refractivity contribution < 1.29 is 4.42 Å². The van der Waals surface area contributed by atoms with Gasteiger partial charge in [-0.1, -0.05) is 37.3 Å². The molecule has 2 atom stereocenters. The maximum absolute atomic E-state index is 5.47. The number of benzene rings is 1. The molecule has 6 heteroatoms. The van der Waals surface area contributed by atoms with Crippen LogP contribution in [0.2, 0.25) is 0 Å². The largest absolute Gasteiger partial charge is 0.469 e. The van der Waals surface area contributed by atoms with Gasteiger partial charge in [-0.3, -0.25) is 4.99 Å². The Balaban J connectivity index is 1.42. The second kappa shape index (κ2) is 10.1. The van der Waals surface area contributed by atoms with Gasteiger partial charge in [0.05, 0.1) is 18.6 Å². The summed E-state index contributed by atoms with van der Waals surface area (Å²) in [5.74, 6) is 2.59. The zero-order chi connectivity index (χ0) is 20.6. The number of furan rings is 1. The average Bonchev–Trinajstić information content (AvgIpc) is 3.48. The monoisotopic (exact) mass is 405 g/mol. The lowest BCUT2D eigenvalue weighted by Crippen LogP contribution is -2.49. The molecule has 0 saturated carbocycles. The van der Waals surface area contributed by atoms with Crippen LogP contribution in [0.3, 0.4) is 0 Å². The molecule has 2 unspecified atom stereocenters. The molecule has 6 nitrogen and oxygen atoms in total. The van der Waals surface area contributed by atoms with Crippen molar-refractivity contribution in [3.05, 3.63) is 78.8 Å². The van der Waals surface area contributed by atoms with E-state index in [1.165, 1.54) is 5.56 Å². The number of hydrogen-bond donors (Lipinski definition) is 1. The normalized spacial score (nSPS) is 19.8. The second-order valence-corrected chi connectivity index (χ2v) is 7.99. The van der Waals surface area contributed by atoms with Crippen LogP contribution in [0.1, 0.15) is 30.7 Å². The number of nitrogens with one attached hydrogen (secondary N) is 1. The van der Waals surface area contributed by atoms with E-state index in [0.29, 0.717) is 18.5 Å². The molecule has 3 heterocycles. The van der Waals surface area contributed by atoms with Gasteiger partial charge in [0.2, 0.25) is 0 Å². The number of piperidine rings is 1. The molecule has 1 N–H and O–H groups in total. The van der Waals surface area contributed by atoms with Crippen molar-refractivity contribution in [3.63, 3.8) is 0 Å². The molecule has 30 heavy (non-hydrogen) atoms. The molecule has 0 radical (unpaired) electrons. The Morgan fingerprint density at radius 1 is 1.20 bits per heavy atom. The summed E-state index contributed by atoms with van der Waals surface area (Å²) in [7, 11) is 0. The van der Waals surface area contributed by atoms with E-state index in [1.54, 1.807) is 6.26 Å². The minimum atomic E-state index is 0.410. The van der Waals surface area contributed by atoms with E-state index < -0.39 is 0 Å². The molecule has 1 aliphatic heterocycles. The third-order valence-corrected chi connectivity index (χ3v) is 5.87. The highest BCUT2D eigenvalue weighted by Crippen LogP contribution is 2.27. The van der Waals surface area contributed by atoms with Crippen molar-refractivity contribution in [2.24, 2.45) is 10.9 Å². The Morgan fingerprint density at radius 3 is 2.87 bits per heavy atom. The van der Waals surface area contributed by atoms with Crippen molar-refractivity contribution in [1.82, 2.24) is 19.8 Å². The van der Waals surface area contributed by atoms with Crippen LogP contribution in [0.25, 0.3) is 0 Å². The molecule has 0 bridgehead atoms. The third-order valence-electron chi connectivity index (χ3n) is 5.87. The summed E-state index contributed by atoms with van der Waals surface area (Å²) in [6, 6.07) is 14.9. The van der Waals surface area contributed by atoms with Gasteiger partial charge in [0.15, 0.2) is 5.96 Å². The fourth-order valence-corrected chi connectivity index (χ4v) is 4.05. The van der Waals surface area contributed by atoms with Gasteiger partial charge in [0, 0.05) is 45.0 Å². The Hall–Kier alpha value is -3.02. The van der Waals surface area contributed by atoms with E-state index in [2.05, 4.69) is 63.2 Å². The van der Waals surface area contributed by atoms with Crippen molar-refractivity contribution >= 4 is 5.96 Å². The van der Waals surface area contributed by atoms with Crippen molar-refractivity contribution in [2.75, 3.05) is 26.2 Å². The van der Waals surface area contributed by atoms with Crippen molar-refractivity contribution in [2.45, 2.75) is 32.2 Å². The lowest BCUT2D eigenvalue weighted by atomic mass is 9.93. The molecular formula is C24H31N5O. The van der Waals surface area contributed by atoms with Gasteiger partial charge in [-0.2, -0.15) is 0 Å². The number of likely N-dealkylation sites (tertiary alicyclic amines) is 1. The molecule has 2 aromatic heterocycles. The highest BCUT2D eigenvalue weighted by molar-refractivity contribution is 5.80. The molecule has 158 valence electrons. The van der Waals surface area contributed by atoms with E-state index in [-0.39, 0.29) is 0 Å². The topological polar surface area (TPSA) is 58.6 Å². The minimum Gasteiger partial charge on any atom is -0.469 e. The first kappa shape index (κ1) is 20.3. The summed E-state index contributed by atoms with van der Waals surface area (Å²) < 4.78 is 7.70. The maximum Gasteiger partial charge on any atom is 0.194 e. The summed E-state index contributed by atoms with van der Waals surface area (Å²) in [5, 5.41) is 3.62. The standard InChI is InChI=1S/C24H31N5O/c1-20-11-15-28(18-23(20)29-16-14-25-19-29)24(27-13-10-22-8-5-17-30-22)26-12-9-21-6-3-2-4-7-21/h2-8,14,16-17,19-20,23H,9-13,15,18H2,1H3,(H,26,27). The first-order valence-electron chi connectivity index (χ1n) is 10.9. The maximum atomic E-state index is 5.47. The highest BCUT2D eigenvalue weighted by Gasteiger charge is 2.28. The first-order chi connectivity index (χ1) is 14.8. The zero-order valence-corrected chi connectivity index (χ0v) is 17.7. The molecule has 0 aliphatic carbocycles. The van der Waals surface area contributed by atoms with Crippen LogP contribution < -0.4 is 5.32 Å². The van der Waals surface area contributed by atoms with E-state index in [1.807, 2.05) is 24.7 Å². The first-order valence-corrected chi connectivity index (χ1v) is 10.9. The van der Waals surface area contributed by atoms with Gasteiger partial charge in [0.25, 0.3) is 0 Å². The van der Waals surface area contributed by atoms with E-state index in [9.17, 15) is 0 Å². The van der Waals surface area contributed by atoms with E-state index in [0.717, 1.165) is 50.6 Å². The fraction of sp³-hybridized carbons (Fsp3) is 0.417. The third kappa shape index (κ3) is 5.32. The van der Waals surface area contributed by atoms with Gasteiger partial charge in [0.1, 0.15) is 5.76 Å². The molecule has 1 aliphatic rings. The Morgan fingerprint density at radius 2 is 2.10 bits per heavy atom. The minimum absolute atomic E-state index is 0.410. The molecule has 3 aromatic rings. The predicted molar refractivity (Wildman–Crippen MR) is 119 cm³/mol. The molecular weight excluding hydrogens is 374 g/mol. The molecule has 1 fully saturated rings. The number of hydrogen-bond acceptors (Lipinski definition) is 3. The number of aromatic nitrogens is 2. The second-order valence-electron chi connectivity index (χ2n) is 7.99. The summed E-state index contributed by atoms with van der Waals surface area (Å²) in [6.45, 7) is 5.87. The van der Waals surface area contributed by atoms with Crippen LogP contribution in [0.4, 0.5) is 0 Å². The van der Waals surface area contributed by atoms with Crippen LogP contribution in [0, 0.1) is 5.92 Å². The van der Waals surface area contributed by atoms with Gasteiger partial charge < -0.3 is 19.2 Å². The molecule has 0 amide bonds. The number of nitrogens with zero attached hydrogens (tertiary/aromatic N) is 4. The van der Waals surface area contributed by atoms with Gasteiger partial charge >= 0.3 is 0 Å². The SMILES string of the molecule is CC1CCN(C(=NCCc2ccco2)NCCc2ccccc2)CC1n1ccnc1. The van der Waals surface area contributed by atoms with Crippen LogP contribution >= 0.6 is 0 Å². The summed E-state index contributed by atoms with van der Waals surface area (Å²) in [5.41, 5.74) is 1.34. The predicted octanol–water partition coefficient (Wildman–Crippen LogP) is 3.79. The van der Waals surface area contributed by atoms with Crippen LogP contribution in [-0.2, 0) is 12.8 Å². The van der Waals surface area contributed by atoms with Crippen LogP contribution in [0.15, 0.2) is 76.9 Å². The van der Waals surface area contributed by atoms with Gasteiger partial charge in [-0.15, -0.1) is 0 Å². The quantitative estimate of drug-likeness (QED) is 0.480.